The van der Waals surface area contributed by atoms with Gasteiger partial charge in [0.15, 0.2) is 17.3 Å². The molecule has 1 heterocycles. The number of hydrogen-bond acceptors (Lipinski definition) is 6. The normalized spacial score (nSPS) is 19.9. The SMILES string of the molecule is COc1cccc([C@H]2C(C(=O)OC(C)C)=C(C)NC3=C2C(=O)C[C@H](c2ccc(Cl)cc2)C3)c1OC. The van der Waals surface area contributed by atoms with Gasteiger partial charge in [-0.15, -0.1) is 0 Å². The zero-order chi connectivity index (χ0) is 25.3. The molecular weight excluding hydrogens is 466 g/mol. The van der Waals surface area contributed by atoms with Crippen molar-refractivity contribution in [3.63, 3.8) is 0 Å². The van der Waals surface area contributed by atoms with Gasteiger partial charge < -0.3 is 19.5 Å². The predicted molar refractivity (Wildman–Crippen MR) is 135 cm³/mol. The van der Waals surface area contributed by atoms with Gasteiger partial charge in [-0.25, -0.2) is 4.79 Å². The molecule has 35 heavy (non-hydrogen) atoms. The highest BCUT2D eigenvalue weighted by Gasteiger charge is 2.43. The molecule has 2 atom stereocenters. The Morgan fingerprint density at radius 1 is 1.06 bits per heavy atom. The summed E-state index contributed by atoms with van der Waals surface area (Å²) in [7, 11) is 3.12. The summed E-state index contributed by atoms with van der Waals surface area (Å²) in [4.78, 5) is 27.1. The van der Waals surface area contributed by atoms with E-state index >= 15 is 0 Å². The third-order valence-electron chi connectivity index (χ3n) is 6.48. The van der Waals surface area contributed by atoms with Crippen molar-refractivity contribution in [2.75, 3.05) is 14.2 Å². The smallest absolute Gasteiger partial charge is 0.337 e. The molecule has 1 aliphatic carbocycles. The van der Waals surface area contributed by atoms with E-state index in [9.17, 15) is 9.59 Å². The van der Waals surface area contributed by atoms with Crippen molar-refractivity contribution in [1.82, 2.24) is 5.32 Å². The fraction of sp³-hybridized carbons (Fsp3) is 0.357. The second kappa shape index (κ2) is 10.2. The summed E-state index contributed by atoms with van der Waals surface area (Å²) >= 11 is 6.07. The molecule has 0 spiro atoms. The number of Topliss-reactive ketones (excluding diaryl/α,β-unsaturated/α-hetero) is 1. The Bertz CT molecular complexity index is 1210. The van der Waals surface area contributed by atoms with E-state index in [0.29, 0.717) is 51.8 Å². The van der Waals surface area contributed by atoms with Crippen LogP contribution in [-0.4, -0.2) is 32.1 Å². The Hall–Kier alpha value is -3.25. The quantitative estimate of drug-likeness (QED) is 0.520. The molecule has 2 aliphatic rings. The van der Waals surface area contributed by atoms with Gasteiger partial charge in [-0.2, -0.15) is 0 Å². The molecule has 0 unspecified atom stereocenters. The van der Waals surface area contributed by atoms with Crippen molar-refractivity contribution in [1.29, 1.82) is 0 Å². The predicted octanol–water partition coefficient (Wildman–Crippen LogP) is 5.67. The number of esters is 1. The molecule has 0 saturated carbocycles. The van der Waals surface area contributed by atoms with Crippen LogP contribution in [-0.2, 0) is 14.3 Å². The highest BCUT2D eigenvalue weighted by atomic mass is 35.5. The van der Waals surface area contributed by atoms with Gasteiger partial charge in [-0.3, -0.25) is 4.79 Å². The fourth-order valence-corrected chi connectivity index (χ4v) is 5.13. The average Bonchev–Trinajstić information content (AvgIpc) is 2.82. The monoisotopic (exact) mass is 495 g/mol. The average molecular weight is 496 g/mol. The molecule has 0 bridgehead atoms. The second-order valence-corrected chi connectivity index (χ2v) is 9.54. The largest absolute Gasteiger partial charge is 0.493 e. The number of hydrogen-bond donors (Lipinski definition) is 1. The third kappa shape index (κ3) is 4.80. The zero-order valence-corrected chi connectivity index (χ0v) is 21.4. The first-order valence-electron chi connectivity index (χ1n) is 11.7. The second-order valence-electron chi connectivity index (χ2n) is 9.11. The van der Waals surface area contributed by atoms with Crippen LogP contribution in [0.5, 0.6) is 11.5 Å². The molecule has 2 aromatic rings. The molecule has 1 aliphatic heterocycles. The summed E-state index contributed by atoms with van der Waals surface area (Å²) in [6.45, 7) is 5.45. The van der Waals surface area contributed by atoms with Crippen LogP contribution < -0.4 is 14.8 Å². The number of rotatable bonds is 6. The van der Waals surface area contributed by atoms with Crippen LogP contribution in [0.25, 0.3) is 0 Å². The van der Waals surface area contributed by atoms with E-state index in [2.05, 4.69) is 5.32 Å². The summed E-state index contributed by atoms with van der Waals surface area (Å²) < 4.78 is 16.8. The van der Waals surface area contributed by atoms with Gasteiger partial charge in [0, 0.05) is 34.0 Å². The van der Waals surface area contributed by atoms with Crippen LogP contribution in [0.2, 0.25) is 5.02 Å². The van der Waals surface area contributed by atoms with Crippen LogP contribution in [0, 0.1) is 0 Å². The molecule has 0 amide bonds. The number of methoxy groups -OCH3 is 2. The Labute approximate surface area is 210 Å². The highest BCUT2D eigenvalue weighted by Crippen LogP contribution is 2.49. The maximum atomic E-state index is 13.7. The lowest BCUT2D eigenvalue weighted by molar-refractivity contribution is -0.143. The van der Waals surface area contributed by atoms with Gasteiger partial charge in [-0.1, -0.05) is 35.9 Å². The number of dihydropyridines is 1. The van der Waals surface area contributed by atoms with E-state index in [4.69, 9.17) is 25.8 Å². The fourth-order valence-electron chi connectivity index (χ4n) is 5.01. The van der Waals surface area contributed by atoms with Crippen LogP contribution >= 0.6 is 11.6 Å². The zero-order valence-electron chi connectivity index (χ0n) is 20.6. The minimum Gasteiger partial charge on any atom is -0.493 e. The van der Waals surface area contributed by atoms with E-state index in [0.717, 1.165) is 11.3 Å². The van der Waals surface area contributed by atoms with Crippen molar-refractivity contribution in [2.45, 2.75) is 51.6 Å². The first kappa shape index (κ1) is 24.9. The molecule has 0 fully saturated rings. The number of carbonyl (C=O) groups is 2. The third-order valence-corrected chi connectivity index (χ3v) is 6.73. The number of ether oxygens (including phenoxy) is 3. The maximum Gasteiger partial charge on any atom is 0.337 e. The van der Waals surface area contributed by atoms with Crippen molar-refractivity contribution in [3.05, 3.63) is 81.2 Å². The molecule has 0 radical (unpaired) electrons. The summed E-state index contributed by atoms with van der Waals surface area (Å²) in [6, 6.07) is 13.1. The van der Waals surface area contributed by atoms with E-state index in [-0.39, 0.29) is 17.8 Å². The first-order valence-corrected chi connectivity index (χ1v) is 12.0. The van der Waals surface area contributed by atoms with Crippen molar-refractivity contribution in [3.8, 4) is 11.5 Å². The Balaban J connectivity index is 1.86. The Kier molecular flexibility index (Phi) is 7.22. The maximum absolute atomic E-state index is 13.7. The lowest BCUT2D eigenvalue weighted by Crippen LogP contribution is -2.36. The van der Waals surface area contributed by atoms with Crippen molar-refractivity contribution >= 4 is 23.4 Å². The number of para-hydroxylation sites is 1. The van der Waals surface area contributed by atoms with Gasteiger partial charge in [0.2, 0.25) is 0 Å². The summed E-state index contributed by atoms with van der Waals surface area (Å²) in [5.41, 5.74) is 4.20. The van der Waals surface area contributed by atoms with Gasteiger partial charge in [0.05, 0.1) is 31.8 Å². The number of nitrogens with one attached hydrogen (secondary N) is 1. The number of benzene rings is 2. The molecule has 184 valence electrons. The van der Waals surface area contributed by atoms with Crippen LogP contribution in [0.1, 0.15) is 56.6 Å². The van der Waals surface area contributed by atoms with Crippen LogP contribution in [0.15, 0.2) is 65.0 Å². The van der Waals surface area contributed by atoms with Crippen molar-refractivity contribution in [2.24, 2.45) is 0 Å². The Morgan fingerprint density at radius 2 is 1.77 bits per heavy atom. The van der Waals surface area contributed by atoms with Crippen LogP contribution in [0.3, 0.4) is 0 Å². The Morgan fingerprint density at radius 3 is 2.40 bits per heavy atom. The molecule has 0 aromatic heterocycles. The summed E-state index contributed by atoms with van der Waals surface area (Å²) in [5, 5.41) is 4.03. The van der Waals surface area contributed by atoms with E-state index in [1.165, 1.54) is 0 Å². The molecule has 1 N–H and O–H groups in total. The summed E-state index contributed by atoms with van der Waals surface area (Å²) in [5.74, 6) is -0.0849. The van der Waals surface area contributed by atoms with Gasteiger partial charge in [-0.05, 0) is 56.9 Å². The molecule has 0 saturated heterocycles. The lowest BCUT2D eigenvalue weighted by atomic mass is 9.71. The molecule has 4 rings (SSSR count). The number of carbonyl (C=O) groups excluding carboxylic acids is 2. The van der Waals surface area contributed by atoms with Crippen LogP contribution in [0.4, 0.5) is 0 Å². The number of ketones is 1. The number of allylic oxidation sites excluding steroid dienone is 3. The van der Waals surface area contributed by atoms with E-state index in [1.54, 1.807) is 34.1 Å². The minimum absolute atomic E-state index is 0.0100. The van der Waals surface area contributed by atoms with Gasteiger partial charge in [0.25, 0.3) is 0 Å². The summed E-state index contributed by atoms with van der Waals surface area (Å²) in [6.07, 6.45) is 0.661. The molecule has 2 aromatic carbocycles. The number of halogens is 1. The topological polar surface area (TPSA) is 73.9 Å². The minimum atomic E-state index is -0.638. The van der Waals surface area contributed by atoms with E-state index < -0.39 is 11.9 Å². The van der Waals surface area contributed by atoms with Gasteiger partial charge in [0.1, 0.15) is 0 Å². The molecule has 6 nitrogen and oxygen atoms in total. The van der Waals surface area contributed by atoms with Crippen molar-refractivity contribution < 1.29 is 23.8 Å². The standard InChI is InChI=1S/C28H30ClNO5/c1-15(2)35-28(32)24-16(3)30-21-13-18(17-9-11-19(29)12-10-17)14-22(31)26(21)25(24)20-7-6-8-23(33-4)27(20)34-5/h6-12,15,18,25,30H,13-14H2,1-5H3/t18-,25+/m1/s1. The first-order chi connectivity index (χ1) is 16.7. The molecule has 7 heteroatoms. The molecular formula is C28H30ClNO5. The highest BCUT2D eigenvalue weighted by molar-refractivity contribution is 6.30. The van der Waals surface area contributed by atoms with Gasteiger partial charge >= 0.3 is 5.97 Å². The van der Waals surface area contributed by atoms with E-state index in [1.807, 2.05) is 43.3 Å². The lowest BCUT2D eigenvalue weighted by Gasteiger charge is -2.37.